The summed E-state index contributed by atoms with van der Waals surface area (Å²) in [5.74, 6) is 1.59. The molecule has 6 nitrogen and oxygen atoms in total. The van der Waals surface area contributed by atoms with E-state index in [4.69, 9.17) is 5.26 Å². The molecule has 0 atom stereocenters. The number of fused-ring (bicyclic) bond motifs is 1. The summed E-state index contributed by atoms with van der Waals surface area (Å²) in [4.78, 5) is 14.0. The van der Waals surface area contributed by atoms with E-state index in [1.54, 1.807) is 12.1 Å². The van der Waals surface area contributed by atoms with Crippen molar-refractivity contribution < 1.29 is 5.11 Å². The number of aromatic hydroxyl groups is 1. The molecule has 0 radical (unpaired) electrons. The normalized spacial score (nSPS) is 24.1. The molecule has 1 aliphatic heterocycles. The molecule has 154 valence electrons. The lowest BCUT2D eigenvalue weighted by molar-refractivity contribution is 0.0881. The van der Waals surface area contributed by atoms with E-state index in [0.717, 1.165) is 43.3 Å². The van der Waals surface area contributed by atoms with Crippen molar-refractivity contribution in [2.75, 3.05) is 13.1 Å². The van der Waals surface area contributed by atoms with Gasteiger partial charge in [0.2, 0.25) is 5.88 Å². The van der Waals surface area contributed by atoms with Gasteiger partial charge in [-0.05, 0) is 73.7 Å². The monoisotopic (exact) mass is 394 g/mol. The number of hydrogen-bond acceptors (Lipinski definition) is 5. The van der Waals surface area contributed by atoms with Gasteiger partial charge in [-0.1, -0.05) is 13.8 Å². The SMILES string of the molecule is CC(C)C1CCC(N2CCC(n3c(O)c(N=O)c4cc(C#N)ccc43)CC2)CC1. The number of benzene rings is 1. The number of hydrogen-bond donors (Lipinski definition) is 1. The first-order valence-corrected chi connectivity index (χ1v) is 10.9. The van der Waals surface area contributed by atoms with Crippen molar-refractivity contribution in [3.63, 3.8) is 0 Å². The summed E-state index contributed by atoms with van der Waals surface area (Å²) in [7, 11) is 0. The summed E-state index contributed by atoms with van der Waals surface area (Å²) < 4.78 is 1.86. The van der Waals surface area contributed by atoms with Crippen LogP contribution >= 0.6 is 0 Å². The Morgan fingerprint density at radius 3 is 2.38 bits per heavy atom. The maximum Gasteiger partial charge on any atom is 0.222 e. The minimum atomic E-state index is -0.0685. The molecule has 0 bridgehead atoms. The van der Waals surface area contributed by atoms with Crippen LogP contribution in [0.3, 0.4) is 0 Å². The molecule has 1 saturated heterocycles. The molecule has 1 saturated carbocycles. The van der Waals surface area contributed by atoms with Gasteiger partial charge in [0, 0.05) is 30.6 Å². The Labute approximate surface area is 172 Å². The molecule has 2 heterocycles. The van der Waals surface area contributed by atoms with Crippen molar-refractivity contribution in [1.82, 2.24) is 9.47 Å². The Morgan fingerprint density at radius 2 is 1.79 bits per heavy atom. The van der Waals surface area contributed by atoms with Gasteiger partial charge in [0.05, 0.1) is 17.1 Å². The van der Waals surface area contributed by atoms with E-state index in [9.17, 15) is 10.0 Å². The van der Waals surface area contributed by atoms with Gasteiger partial charge in [0.1, 0.15) is 0 Å². The smallest absolute Gasteiger partial charge is 0.222 e. The number of likely N-dealkylation sites (tertiary alicyclic amines) is 1. The van der Waals surface area contributed by atoms with Gasteiger partial charge in [-0.3, -0.25) is 0 Å². The van der Waals surface area contributed by atoms with Crippen molar-refractivity contribution in [3.8, 4) is 11.9 Å². The minimum absolute atomic E-state index is 0.0477. The van der Waals surface area contributed by atoms with Crippen molar-refractivity contribution in [1.29, 1.82) is 5.26 Å². The van der Waals surface area contributed by atoms with Crippen LogP contribution in [0, 0.1) is 28.1 Å². The fourth-order valence-corrected chi connectivity index (χ4v) is 5.46. The average Bonchev–Trinajstić information content (AvgIpc) is 3.04. The van der Waals surface area contributed by atoms with Gasteiger partial charge < -0.3 is 14.6 Å². The molecule has 1 aromatic heterocycles. The molecule has 4 rings (SSSR count). The maximum atomic E-state index is 11.4. The maximum absolute atomic E-state index is 11.4. The predicted molar refractivity (Wildman–Crippen MR) is 114 cm³/mol. The van der Waals surface area contributed by atoms with Crippen LogP contribution in [0.1, 0.15) is 64.0 Å². The third kappa shape index (κ3) is 3.64. The highest BCUT2D eigenvalue weighted by Crippen LogP contribution is 2.43. The Bertz CT molecular complexity index is 926. The molecule has 1 aliphatic carbocycles. The van der Waals surface area contributed by atoms with Gasteiger partial charge in [-0.25, -0.2) is 0 Å². The Morgan fingerprint density at radius 1 is 1.10 bits per heavy atom. The van der Waals surface area contributed by atoms with Gasteiger partial charge in [-0.2, -0.15) is 5.26 Å². The highest BCUT2D eigenvalue weighted by atomic mass is 16.3. The molecule has 1 aromatic carbocycles. The zero-order valence-corrected chi connectivity index (χ0v) is 17.3. The average molecular weight is 395 g/mol. The van der Waals surface area contributed by atoms with Crippen LogP contribution in [0.15, 0.2) is 23.4 Å². The van der Waals surface area contributed by atoms with Crippen LogP contribution in [0.4, 0.5) is 5.69 Å². The summed E-state index contributed by atoms with van der Waals surface area (Å²) in [5, 5.41) is 23.5. The van der Waals surface area contributed by atoms with E-state index in [-0.39, 0.29) is 17.6 Å². The summed E-state index contributed by atoms with van der Waals surface area (Å²) in [5.41, 5.74) is 1.30. The van der Waals surface area contributed by atoms with E-state index in [1.165, 1.54) is 25.7 Å². The van der Waals surface area contributed by atoms with Crippen LogP contribution in [0.2, 0.25) is 0 Å². The quantitative estimate of drug-likeness (QED) is 0.697. The molecule has 6 heteroatoms. The summed E-state index contributed by atoms with van der Waals surface area (Å²) >= 11 is 0. The van der Waals surface area contributed by atoms with Gasteiger partial charge in [0.15, 0.2) is 5.69 Å². The number of piperidine rings is 1. The lowest BCUT2D eigenvalue weighted by atomic mass is 9.79. The molecule has 0 unspecified atom stereocenters. The molecule has 29 heavy (non-hydrogen) atoms. The second kappa shape index (κ2) is 8.16. The first-order chi connectivity index (χ1) is 14.0. The molecule has 2 fully saturated rings. The lowest BCUT2D eigenvalue weighted by Crippen LogP contribution is -2.43. The predicted octanol–water partition coefficient (Wildman–Crippen LogP) is 5.47. The van der Waals surface area contributed by atoms with Crippen molar-refractivity contribution in [3.05, 3.63) is 28.7 Å². The topological polar surface area (TPSA) is 81.6 Å². The number of nitroso groups, excluding NO2 is 1. The molecule has 0 spiro atoms. The largest absolute Gasteiger partial charge is 0.493 e. The van der Waals surface area contributed by atoms with E-state index in [0.29, 0.717) is 17.0 Å². The first kappa shape index (κ1) is 19.9. The molecule has 2 aromatic rings. The molecule has 2 aliphatic rings. The standard InChI is InChI=1S/C23H30N4O2/c1-15(2)17-4-6-18(7-5-17)26-11-9-19(10-12-26)27-21-8-3-16(14-24)13-20(21)22(25-29)23(27)28/h3,8,13,15,17-19,28H,4-7,9-12H2,1-2H3. The summed E-state index contributed by atoms with van der Waals surface area (Å²) in [6, 6.07) is 8.11. The second-order valence-corrected chi connectivity index (χ2v) is 9.06. The van der Waals surface area contributed by atoms with E-state index < -0.39 is 0 Å². The fraction of sp³-hybridized carbons (Fsp3) is 0.609. The van der Waals surface area contributed by atoms with E-state index in [2.05, 4.69) is 30.0 Å². The van der Waals surface area contributed by atoms with Crippen LogP contribution in [0.25, 0.3) is 10.9 Å². The summed E-state index contributed by atoms with van der Waals surface area (Å²) in [6.45, 7) is 6.71. The Balaban J connectivity index is 1.49. The number of aromatic nitrogens is 1. The highest BCUT2D eigenvalue weighted by molar-refractivity contribution is 5.96. The van der Waals surface area contributed by atoms with Crippen molar-refractivity contribution in [2.24, 2.45) is 17.0 Å². The van der Waals surface area contributed by atoms with Crippen LogP contribution < -0.4 is 0 Å². The Kier molecular flexibility index (Phi) is 5.60. The van der Waals surface area contributed by atoms with Gasteiger partial charge in [0.25, 0.3) is 0 Å². The fourth-order valence-electron chi connectivity index (χ4n) is 5.46. The third-order valence-corrected chi connectivity index (χ3v) is 7.24. The van der Waals surface area contributed by atoms with Crippen molar-refractivity contribution >= 4 is 16.6 Å². The van der Waals surface area contributed by atoms with Gasteiger partial charge >= 0.3 is 0 Å². The van der Waals surface area contributed by atoms with E-state index in [1.807, 2.05) is 10.6 Å². The number of nitrogens with zero attached hydrogens (tertiary/aromatic N) is 4. The van der Waals surface area contributed by atoms with Crippen LogP contribution in [-0.2, 0) is 0 Å². The Hall–Kier alpha value is -2.39. The minimum Gasteiger partial charge on any atom is -0.493 e. The van der Waals surface area contributed by atoms with Crippen molar-refractivity contribution in [2.45, 2.75) is 64.5 Å². The molecule has 0 amide bonds. The number of rotatable bonds is 4. The molecule has 1 N–H and O–H groups in total. The highest BCUT2D eigenvalue weighted by Gasteiger charge is 2.32. The van der Waals surface area contributed by atoms with Gasteiger partial charge in [-0.15, -0.1) is 4.91 Å². The first-order valence-electron chi connectivity index (χ1n) is 10.9. The zero-order chi connectivity index (χ0) is 20.5. The van der Waals surface area contributed by atoms with Crippen LogP contribution in [0.5, 0.6) is 5.88 Å². The third-order valence-electron chi connectivity index (χ3n) is 7.24. The molecular formula is C23H30N4O2. The lowest BCUT2D eigenvalue weighted by Gasteiger charge is -2.42. The second-order valence-electron chi connectivity index (χ2n) is 9.06. The van der Waals surface area contributed by atoms with E-state index >= 15 is 0 Å². The van der Waals surface area contributed by atoms with Crippen LogP contribution in [-0.4, -0.2) is 33.7 Å². The zero-order valence-electron chi connectivity index (χ0n) is 17.3. The number of nitriles is 1. The summed E-state index contributed by atoms with van der Waals surface area (Å²) in [6.07, 6.45) is 7.14. The molecular weight excluding hydrogens is 364 g/mol.